The predicted octanol–water partition coefficient (Wildman–Crippen LogP) is 2.89. The molecule has 0 amide bonds. The van der Waals surface area contributed by atoms with Gasteiger partial charge in [0.05, 0.1) is 11.0 Å². The third-order valence-corrected chi connectivity index (χ3v) is 3.24. The summed E-state index contributed by atoms with van der Waals surface area (Å²) in [7, 11) is 0. The molecule has 3 aromatic rings. The maximum Gasteiger partial charge on any atom is 0.129 e. The van der Waals surface area contributed by atoms with Crippen LogP contribution in [0.25, 0.3) is 11.0 Å². The standard InChI is InChI=1S/C15H13F2N3/c16-11-2-1-3-12(17)10(11)7-15-19-13-5-4-9(8-18)6-14(13)20-15/h1-6H,7-8,18H2,(H,19,20). The lowest BCUT2D eigenvalue weighted by atomic mass is 10.1. The normalized spacial score (nSPS) is 11.2. The number of aromatic nitrogens is 2. The van der Waals surface area contributed by atoms with Gasteiger partial charge in [-0.25, -0.2) is 13.8 Å². The molecule has 0 aliphatic rings. The van der Waals surface area contributed by atoms with Gasteiger partial charge in [0.25, 0.3) is 0 Å². The molecular weight excluding hydrogens is 260 g/mol. The van der Waals surface area contributed by atoms with E-state index in [2.05, 4.69) is 9.97 Å². The molecule has 0 aliphatic heterocycles. The Balaban J connectivity index is 1.99. The van der Waals surface area contributed by atoms with E-state index in [-0.39, 0.29) is 12.0 Å². The highest BCUT2D eigenvalue weighted by Crippen LogP contribution is 2.19. The van der Waals surface area contributed by atoms with Crippen LogP contribution in [0.3, 0.4) is 0 Å². The van der Waals surface area contributed by atoms with Gasteiger partial charge < -0.3 is 10.7 Å². The fraction of sp³-hybridized carbons (Fsp3) is 0.133. The first-order valence-electron chi connectivity index (χ1n) is 6.28. The topological polar surface area (TPSA) is 54.7 Å². The number of nitrogens with zero attached hydrogens (tertiary/aromatic N) is 1. The molecule has 0 saturated heterocycles. The summed E-state index contributed by atoms with van der Waals surface area (Å²) in [5, 5.41) is 0. The van der Waals surface area contributed by atoms with E-state index in [4.69, 9.17) is 5.73 Å². The van der Waals surface area contributed by atoms with Gasteiger partial charge in [0.15, 0.2) is 0 Å². The van der Waals surface area contributed by atoms with Crippen LogP contribution in [0, 0.1) is 11.6 Å². The summed E-state index contributed by atoms with van der Waals surface area (Å²) in [5.41, 5.74) is 8.15. The average Bonchev–Trinajstić information content (AvgIpc) is 2.84. The van der Waals surface area contributed by atoms with Gasteiger partial charge in [0.2, 0.25) is 0 Å². The zero-order chi connectivity index (χ0) is 14.1. The Labute approximate surface area is 114 Å². The number of halogens is 2. The molecule has 20 heavy (non-hydrogen) atoms. The quantitative estimate of drug-likeness (QED) is 0.771. The molecule has 3 nitrogen and oxygen atoms in total. The molecule has 0 unspecified atom stereocenters. The van der Waals surface area contributed by atoms with Crippen LogP contribution >= 0.6 is 0 Å². The summed E-state index contributed by atoms with van der Waals surface area (Å²) < 4.78 is 27.2. The SMILES string of the molecule is NCc1ccc2nc(Cc3c(F)cccc3F)[nH]c2c1. The molecule has 3 N–H and O–H groups in total. The fourth-order valence-electron chi connectivity index (χ4n) is 2.19. The third-order valence-electron chi connectivity index (χ3n) is 3.24. The summed E-state index contributed by atoms with van der Waals surface area (Å²) >= 11 is 0. The van der Waals surface area contributed by atoms with E-state index in [1.165, 1.54) is 18.2 Å². The van der Waals surface area contributed by atoms with Crippen molar-refractivity contribution >= 4 is 11.0 Å². The van der Waals surface area contributed by atoms with Crippen LogP contribution in [0.5, 0.6) is 0 Å². The first-order valence-corrected chi connectivity index (χ1v) is 6.28. The van der Waals surface area contributed by atoms with Gasteiger partial charge in [-0.05, 0) is 29.8 Å². The number of nitrogens with two attached hydrogens (primary N) is 1. The van der Waals surface area contributed by atoms with Gasteiger partial charge in [0, 0.05) is 18.5 Å². The number of rotatable bonds is 3. The number of hydrogen-bond donors (Lipinski definition) is 2. The van der Waals surface area contributed by atoms with Crippen LogP contribution < -0.4 is 5.73 Å². The molecule has 102 valence electrons. The molecule has 0 atom stereocenters. The molecular formula is C15H13F2N3. The Morgan fingerprint density at radius 3 is 2.55 bits per heavy atom. The first kappa shape index (κ1) is 12.7. The van der Waals surface area contributed by atoms with Crippen molar-refractivity contribution in [1.29, 1.82) is 0 Å². The van der Waals surface area contributed by atoms with Gasteiger partial charge in [0.1, 0.15) is 17.5 Å². The largest absolute Gasteiger partial charge is 0.342 e. The number of benzene rings is 2. The Morgan fingerprint density at radius 2 is 1.85 bits per heavy atom. The van der Waals surface area contributed by atoms with E-state index in [1.807, 2.05) is 18.2 Å². The number of fused-ring (bicyclic) bond motifs is 1. The minimum absolute atomic E-state index is 0.0191. The van der Waals surface area contributed by atoms with Crippen LogP contribution in [-0.2, 0) is 13.0 Å². The zero-order valence-electron chi connectivity index (χ0n) is 10.7. The Morgan fingerprint density at radius 1 is 1.10 bits per heavy atom. The van der Waals surface area contributed by atoms with Gasteiger partial charge in [-0.3, -0.25) is 0 Å². The van der Waals surface area contributed by atoms with Crippen LogP contribution in [-0.4, -0.2) is 9.97 Å². The number of H-pyrrole nitrogens is 1. The zero-order valence-corrected chi connectivity index (χ0v) is 10.7. The van der Waals surface area contributed by atoms with Crippen LogP contribution in [0.2, 0.25) is 0 Å². The van der Waals surface area contributed by atoms with Crippen molar-refractivity contribution in [2.45, 2.75) is 13.0 Å². The highest BCUT2D eigenvalue weighted by Gasteiger charge is 2.12. The molecule has 0 radical (unpaired) electrons. The molecule has 0 bridgehead atoms. The number of aromatic amines is 1. The molecule has 0 saturated carbocycles. The monoisotopic (exact) mass is 273 g/mol. The maximum absolute atomic E-state index is 13.6. The number of nitrogens with one attached hydrogen (secondary N) is 1. The average molecular weight is 273 g/mol. The van der Waals surface area contributed by atoms with E-state index < -0.39 is 11.6 Å². The lowest BCUT2D eigenvalue weighted by Gasteiger charge is -2.01. The molecule has 5 heteroatoms. The molecule has 3 rings (SSSR count). The van der Waals surface area contributed by atoms with Crippen molar-refractivity contribution in [3.05, 3.63) is 65.0 Å². The fourth-order valence-corrected chi connectivity index (χ4v) is 2.19. The number of hydrogen-bond acceptors (Lipinski definition) is 2. The summed E-state index contributed by atoms with van der Waals surface area (Å²) in [5.74, 6) is -0.598. The Hall–Kier alpha value is -2.27. The summed E-state index contributed by atoms with van der Waals surface area (Å²) in [4.78, 5) is 7.41. The van der Waals surface area contributed by atoms with Gasteiger partial charge in [-0.2, -0.15) is 0 Å². The molecule has 1 heterocycles. The molecule has 0 fully saturated rings. The van der Waals surface area contributed by atoms with E-state index in [0.717, 1.165) is 16.6 Å². The smallest absolute Gasteiger partial charge is 0.129 e. The van der Waals surface area contributed by atoms with Crippen molar-refractivity contribution in [3.8, 4) is 0 Å². The van der Waals surface area contributed by atoms with Crippen molar-refractivity contribution in [2.75, 3.05) is 0 Å². The highest BCUT2D eigenvalue weighted by atomic mass is 19.1. The summed E-state index contributed by atoms with van der Waals surface area (Å²) in [6, 6.07) is 9.46. The van der Waals surface area contributed by atoms with Gasteiger partial charge in [-0.1, -0.05) is 12.1 Å². The lowest BCUT2D eigenvalue weighted by Crippen LogP contribution is -1.98. The van der Waals surface area contributed by atoms with Gasteiger partial charge in [-0.15, -0.1) is 0 Å². The second-order valence-electron chi connectivity index (χ2n) is 4.62. The van der Waals surface area contributed by atoms with Crippen molar-refractivity contribution in [2.24, 2.45) is 5.73 Å². The molecule has 2 aromatic carbocycles. The molecule has 1 aromatic heterocycles. The maximum atomic E-state index is 13.6. The third kappa shape index (κ3) is 2.28. The van der Waals surface area contributed by atoms with Crippen molar-refractivity contribution < 1.29 is 8.78 Å². The predicted molar refractivity (Wildman–Crippen MR) is 73.1 cm³/mol. The van der Waals surface area contributed by atoms with Crippen molar-refractivity contribution in [3.63, 3.8) is 0 Å². The molecule has 0 spiro atoms. The Kier molecular flexibility index (Phi) is 3.20. The van der Waals surface area contributed by atoms with Crippen molar-refractivity contribution in [1.82, 2.24) is 9.97 Å². The summed E-state index contributed by atoms with van der Waals surface area (Å²) in [6.45, 7) is 0.437. The van der Waals surface area contributed by atoms with E-state index in [9.17, 15) is 8.78 Å². The molecule has 0 aliphatic carbocycles. The van der Waals surface area contributed by atoms with Crippen LogP contribution in [0.1, 0.15) is 17.0 Å². The second-order valence-corrected chi connectivity index (χ2v) is 4.62. The highest BCUT2D eigenvalue weighted by molar-refractivity contribution is 5.75. The summed E-state index contributed by atoms with van der Waals surface area (Å²) in [6.07, 6.45) is 0.0884. The van der Waals surface area contributed by atoms with Crippen LogP contribution in [0.15, 0.2) is 36.4 Å². The lowest BCUT2D eigenvalue weighted by molar-refractivity contribution is 0.559. The van der Waals surface area contributed by atoms with Gasteiger partial charge >= 0.3 is 0 Å². The minimum atomic E-state index is -0.562. The van der Waals surface area contributed by atoms with E-state index in [0.29, 0.717) is 12.4 Å². The number of imidazole rings is 1. The van der Waals surface area contributed by atoms with E-state index in [1.54, 1.807) is 0 Å². The minimum Gasteiger partial charge on any atom is -0.342 e. The van der Waals surface area contributed by atoms with Crippen LogP contribution in [0.4, 0.5) is 8.78 Å². The van der Waals surface area contributed by atoms with E-state index >= 15 is 0 Å². The first-order chi connectivity index (χ1) is 9.67. The second kappa shape index (κ2) is 5.02. The Bertz CT molecular complexity index is 745.